The van der Waals surface area contributed by atoms with Crippen LogP contribution in [0.25, 0.3) is 10.9 Å². The van der Waals surface area contributed by atoms with Gasteiger partial charge < -0.3 is 20.1 Å². The molecule has 0 aliphatic carbocycles. The van der Waals surface area contributed by atoms with Crippen molar-refractivity contribution in [1.29, 1.82) is 0 Å². The van der Waals surface area contributed by atoms with Crippen molar-refractivity contribution >= 4 is 44.1 Å². The Hall–Kier alpha value is -3.04. The molecule has 1 aliphatic rings. The van der Waals surface area contributed by atoms with Gasteiger partial charge in [0.25, 0.3) is 15.6 Å². The van der Waals surface area contributed by atoms with Crippen LogP contribution >= 0.6 is 11.6 Å². The number of hydrogen-bond acceptors (Lipinski definition) is 6. The van der Waals surface area contributed by atoms with Gasteiger partial charge >= 0.3 is 0 Å². The van der Waals surface area contributed by atoms with Crippen LogP contribution in [0.1, 0.15) is 25.8 Å². The summed E-state index contributed by atoms with van der Waals surface area (Å²) in [5, 5.41) is 24.0. The van der Waals surface area contributed by atoms with Crippen molar-refractivity contribution in [2.45, 2.75) is 31.7 Å². The molecule has 0 bridgehead atoms. The van der Waals surface area contributed by atoms with Gasteiger partial charge in [-0.05, 0) is 42.7 Å². The Labute approximate surface area is 183 Å². The Morgan fingerprint density at radius 3 is 2.61 bits per heavy atom. The van der Waals surface area contributed by atoms with Gasteiger partial charge in [-0.25, -0.2) is 0 Å². The lowest BCUT2D eigenvalue weighted by Crippen LogP contribution is -2.33. The van der Waals surface area contributed by atoms with Crippen LogP contribution in [0.5, 0.6) is 11.5 Å². The molecule has 0 spiro atoms. The van der Waals surface area contributed by atoms with Gasteiger partial charge in [-0.15, -0.1) is 4.40 Å². The smallest absolute Gasteiger partial charge is 0.286 e. The largest absolute Gasteiger partial charge is 0.508 e. The third-order valence-corrected chi connectivity index (χ3v) is 6.63. The fraction of sp³-hybridized carbons (Fsp3) is 0.238. The SMILES string of the molecule is CC(C)CCn1c(=O)c(C2=NS(=O)(=O)c3cc(O)ccc3N2)c(O)c2cc(Cl)ccc21. The molecule has 1 aliphatic heterocycles. The van der Waals surface area contributed by atoms with Crippen molar-refractivity contribution in [2.24, 2.45) is 10.3 Å². The molecular weight excluding hydrogens is 442 g/mol. The minimum absolute atomic E-state index is 0.140. The molecule has 10 heteroatoms. The zero-order valence-corrected chi connectivity index (χ0v) is 18.3. The first-order chi connectivity index (χ1) is 14.6. The van der Waals surface area contributed by atoms with Gasteiger partial charge in [0.1, 0.15) is 22.0 Å². The quantitative estimate of drug-likeness (QED) is 0.510. The number of hydrogen-bond donors (Lipinski definition) is 3. The van der Waals surface area contributed by atoms with Crippen LogP contribution in [0.2, 0.25) is 5.02 Å². The van der Waals surface area contributed by atoms with Gasteiger partial charge in [0.2, 0.25) is 0 Å². The van der Waals surface area contributed by atoms with Crippen molar-refractivity contribution in [3.63, 3.8) is 0 Å². The Morgan fingerprint density at radius 2 is 1.90 bits per heavy atom. The number of anilines is 1. The molecule has 0 atom stereocenters. The maximum atomic E-state index is 13.4. The average Bonchev–Trinajstić information content (AvgIpc) is 2.68. The number of phenolic OH excluding ortho intramolecular Hbond substituents is 1. The molecule has 2 heterocycles. The maximum absolute atomic E-state index is 13.4. The first kappa shape index (κ1) is 21.2. The molecule has 0 fully saturated rings. The summed E-state index contributed by atoms with van der Waals surface area (Å²) in [7, 11) is -4.22. The Bertz CT molecular complexity index is 1410. The number of benzene rings is 2. The van der Waals surface area contributed by atoms with Gasteiger partial charge in [-0.3, -0.25) is 4.79 Å². The second-order valence-electron chi connectivity index (χ2n) is 7.74. The number of sulfonamides is 1. The molecule has 3 N–H and O–H groups in total. The third kappa shape index (κ3) is 3.75. The second-order valence-corrected chi connectivity index (χ2v) is 9.75. The first-order valence-corrected chi connectivity index (χ1v) is 11.4. The van der Waals surface area contributed by atoms with Gasteiger partial charge in [-0.1, -0.05) is 25.4 Å². The minimum Gasteiger partial charge on any atom is -0.508 e. The maximum Gasteiger partial charge on any atom is 0.286 e. The summed E-state index contributed by atoms with van der Waals surface area (Å²) in [5.74, 6) is -0.619. The highest BCUT2D eigenvalue weighted by atomic mass is 35.5. The second kappa shape index (κ2) is 7.58. The number of aromatic nitrogens is 1. The fourth-order valence-corrected chi connectivity index (χ4v) is 4.81. The van der Waals surface area contributed by atoms with E-state index in [9.17, 15) is 23.4 Å². The third-order valence-electron chi connectivity index (χ3n) is 5.07. The van der Waals surface area contributed by atoms with E-state index in [2.05, 4.69) is 9.71 Å². The minimum atomic E-state index is -4.22. The standard InChI is InChI=1S/C21H20ClN3O5S/c1-11(2)7-8-25-16-6-3-12(22)9-14(16)19(27)18(21(25)28)20-23-15-5-4-13(26)10-17(15)31(29,30)24-20/h3-6,9-11,26-27H,7-8H2,1-2H3,(H,23,24). The van der Waals surface area contributed by atoms with E-state index >= 15 is 0 Å². The molecule has 2 aromatic carbocycles. The number of halogens is 1. The fourth-order valence-electron chi connectivity index (χ4n) is 3.49. The summed E-state index contributed by atoms with van der Waals surface area (Å²) < 4.78 is 30.6. The molecule has 0 radical (unpaired) electrons. The number of aromatic hydroxyl groups is 2. The van der Waals surface area contributed by atoms with E-state index in [1.165, 1.54) is 22.8 Å². The van der Waals surface area contributed by atoms with Crippen LogP contribution in [-0.2, 0) is 16.6 Å². The number of pyridine rings is 1. The highest BCUT2D eigenvalue weighted by Crippen LogP contribution is 2.34. The normalized spacial score (nSPS) is 14.9. The molecule has 162 valence electrons. The molecule has 8 nitrogen and oxygen atoms in total. The number of aryl methyl sites for hydroxylation is 1. The zero-order valence-electron chi connectivity index (χ0n) is 16.8. The van der Waals surface area contributed by atoms with E-state index in [-0.39, 0.29) is 27.7 Å². The molecule has 0 saturated heterocycles. The van der Waals surface area contributed by atoms with E-state index < -0.39 is 21.3 Å². The zero-order chi connectivity index (χ0) is 22.5. The number of amidine groups is 1. The lowest BCUT2D eigenvalue weighted by molar-refractivity contribution is 0.472. The van der Waals surface area contributed by atoms with E-state index in [4.69, 9.17) is 11.6 Å². The number of phenols is 1. The van der Waals surface area contributed by atoms with Crippen LogP contribution < -0.4 is 10.9 Å². The van der Waals surface area contributed by atoms with E-state index in [0.717, 1.165) is 6.07 Å². The van der Waals surface area contributed by atoms with E-state index in [1.54, 1.807) is 12.1 Å². The predicted molar refractivity (Wildman–Crippen MR) is 120 cm³/mol. The molecule has 0 unspecified atom stereocenters. The van der Waals surface area contributed by atoms with Crippen LogP contribution in [-0.4, -0.2) is 29.0 Å². The van der Waals surface area contributed by atoms with Crippen LogP contribution in [0.15, 0.2) is 50.5 Å². The van der Waals surface area contributed by atoms with Gasteiger partial charge in [-0.2, -0.15) is 8.42 Å². The Kier molecular flexibility index (Phi) is 5.18. The first-order valence-electron chi connectivity index (χ1n) is 9.59. The van der Waals surface area contributed by atoms with Crippen LogP contribution in [0.4, 0.5) is 5.69 Å². The number of nitrogens with one attached hydrogen (secondary N) is 1. The van der Waals surface area contributed by atoms with Crippen LogP contribution in [0, 0.1) is 5.92 Å². The summed E-state index contributed by atoms with van der Waals surface area (Å²) in [6, 6.07) is 8.53. The topological polar surface area (TPSA) is 121 Å². The summed E-state index contributed by atoms with van der Waals surface area (Å²) in [6.45, 7) is 4.42. The summed E-state index contributed by atoms with van der Waals surface area (Å²) >= 11 is 6.11. The van der Waals surface area contributed by atoms with Crippen molar-refractivity contribution < 1.29 is 18.6 Å². The Morgan fingerprint density at radius 1 is 1.16 bits per heavy atom. The molecule has 31 heavy (non-hydrogen) atoms. The highest BCUT2D eigenvalue weighted by molar-refractivity contribution is 7.90. The van der Waals surface area contributed by atoms with E-state index in [1.807, 2.05) is 13.8 Å². The van der Waals surface area contributed by atoms with Gasteiger partial charge in [0.05, 0.1) is 11.2 Å². The van der Waals surface area contributed by atoms with Gasteiger partial charge in [0.15, 0.2) is 5.84 Å². The lowest BCUT2D eigenvalue weighted by atomic mass is 10.1. The monoisotopic (exact) mass is 461 g/mol. The molecule has 4 rings (SSSR count). The lowest BCUT2D eigenvalue weighted by Gasteiger charge is -2.21. The van der Waals surface area contributed by atoms with Crippen LogP contribution in [0.3, 0.4) is 0 Å². The number of nitrogens with zero attached hydrogens (tertiary/aromatic N) is 2. The van der Waals surface area contributed by atoms with Crippen molar-refractivity contribution in [2.75, 3.05) is 5.32 Å². The molecule has 1 aromatic heterocycles. The predicted octanol–water partition coefficient (Wildman–Crippen LogP) is 3.67. The summed E-state index contributed by atoms with van der Waals surface area (Å²) in [5.41, 5.74) is -0.208. The Balaban J connectivity index is 1.99. The molecular formula is C21H20ClN3O5S. The summed E-state index contributed by atoms with van der Waals surface area (Å²) in [6.07, 6.45) is 0.697. The summed E-state index contributed by atoms with van der Waals surface area (Å²) in [4.78, 5) is 13.2. The van der Waals surface area contributed by atoms with Gasteiger partial charge in [0, 0.05) is 23.0 Å². The molecule has 0 saturated carbocycles. The van der Waals surface area contributed by atoms with E-state index in [0.29, 0.717) is 34.8 Å². The average molecular weight is 462 g/mol. The van der Waals surface area contributed by atoms with Crippen molar-refractivity contribution in [1.82, 2.24) is 4.57 Å². The number of rotatable bonds is 4. The van der Waals surface area contributed by atoms with Crippen molar-refractivity contribution in [3.05, 3.63) is 57.3 Å². The highest BCUT2D eigenvalue weighted by Gasteiger charge is 2.30. The molecule has 0 amide bonds. The molecule has 3 aromatic rings. The number of fused-ring (bicyclic) bond motifs is 2. The van der Waals surface area contributed by atoms with Crippen molar-refractivity contribution in [3.8, 4) is 11.5 Å².